The fraction of sp³-hybridized carbons (Fsp3) is 0.632. The monoisotopic (exact) mass is 396 g/mol. The van der Waals surface area contributed by atoms with Crippen molar-refractivity contribution in [3.8, 4) is 5.75 Å². The summed E-state index contributed by atoms with van der Waals surface area (Å²) in [6, 6.07) is 8.17. The number of carbonyl (C=O) groups is 1. The largest absolute Gasteiger partial charge is 0.484 e. The van der Waals surface area contributed by atoms with Crippen molar-refractivity contribution in [1.29, 1.82) is 0 Å². The van der Waals surface area contributed by atoms with Gasteiger partial charge in [0.25, 0.3) is 5.91 Å². The third-order valence-electron chi connectivity index (χ3n) is 4.43. The first-order valence-electron chi connectivity index (χ1n) is 9.34. The standard InChI is InChI=1S/C19H28N2O3S2/c22-18(20-7-1-8-21-9-11-23-12-10-21)15-24-17-5-3-16(4-6-17)19-25-13-2-14-26-19/h3-6,19H,1-2,7-15H2,(H,20,22). The first-order chi connectivity index (χ1) is 12.8. The summed E-state index contributed by atoms with van der Waals surface area (Å²) < 4.78 is 11.5. The Morgan fingerprint density at radius 3 is 2.65 bits per heavy atom. The van der Waals surface area contributed by atoms with Crippen molar-refractivity contribution in [2.75, 3.05) is 57.5 Å². The summed E-state index contributed by atoms with van der Waals surface area (Å²) in [7, 11) is 0. The number of hydrogen-bond donors (Lipinski definition) is 1. The number of nitrogens with one attached hydrogen (secondary N) is 1. The third kappa shape index (κ3) is 6.68. The molecule has 3 rings (SSSR count). The van der Waals surface area contributed by atoms with Gasteiger partial charge in [-0.2, -0.15) is 0 Å². The van der Waals surface area contributed by atoms with E-state index in [1.165, 1.54) is 23.5 Å². The summed E-state index contributed by atoms with van der Waals surface area (Å²) in [5.74, 6) is 3.17. The Kier molecular flexibility index (Phi) is 8.45. The van der Waals surface area contributed by atoms with E-state index in [-0.39, 0.29) is 12.5 Å². The lowest BCUT2D eigenvalue weighted by Crippen LogP contribution is -2.38. The normalized spacial score (nSPS) is 19.2. The van der Waals surface area contributed by atoms with Crippen molar-refractivity contribution in [2.24, 2.45) is 0 Å². The molecule has 2 aliphatic rings. The minimum Gasteiger partial charge on any atom is -0.484 e. The molecule has 1 aromatic rings. The molecule has 2 aliphatic heterocycles. The van der Waals surface area contributed by atoms with Crippen LogP contribution in [0, 0.1) is 0 Å². The second-order valence-electron chi connectivity index (χ2n) is 6.44. The predicted molar refractivity (Wildman–Crippen MR) is 109 cm³/mol. The Morgan fingerprint density at radius 1 is 1.19 bits per heavy atom. The zero-order valence-electron chi connectivity index (χ0n) is 15.2. The van der Waals surface area contributed by atoms with Crippen LogP contribution in [-0.2, 0) is 9.53 Å². The van der Waals surface area contributed by atoms with Crippen LogP contribution in [0.3, 0.4) is 0 Å². The lowest BCUT2D eigenvalue weighted by molar-refractivity contribution is -0.123. The number of morpholine rings is 1. The van der Waals surface area contributed by atoms with E-state index >= 15 is 0 Å². The lowest BCUT2D eigenvalue weighted by Gasteiger charge is -2.26. The van der Waals surface area contributed by atoms with E-state index in [1.807, 2.05) is 35.7 Å². The zero-order chi connectivity index (χ0) is 18.0. The summed E-state index contributed by atoms with van der Waals surface area (Å²) in [4.78, 5) is 14.3. The van der Waals surface area contributed by atoms with Crippen LogP contribution in [0.2, 0.25) is 0 Å². The molecule has 2 saturated heterocycles. The molecule has 26 heavy (non-hydrogen) atoms. The minimum absolute atomic E-state index is 0.0607. The molecule has 0 saturated carbocycles. The van der Waals surface area contributed by atoms with Crippen LogP contribution in [0.5, 0.6) is 5.75 Å². The molecular formula is C19H28N2O3S2. The average molecular weight is 397 g/mol. The Labute approximate surface area is 164 Å². The van der Waals surface area contributed by atoms with Crippen LogP contribution in [0.4, 0.5) is 0 Å². The zero-order valence-corrected chi connectivity index (χ0v) is 16.8. The van der Waals surface area contributed by atoms with Gasteiger partial charge in [0.1, 0.15) is 5.75 Å². The summed E-state index contributed by atoms with van der Waals surface area (Å²) >= 11 is 4.02. The first-order valence-corrected chi connectivity index (χ1v) is 11.4. The molecule has 2 heterocycles. The topological polar surface area (TPSA) is 50.8 Å². The summed E-state index contributed by atoms with van der Waals surface area (Å²) in [6.07, 6.45) is 2.26. The SMILES string of the molecule is O=C(COc1ccc(C2SCCCS2)cc1)NCCCN1CCOCC1. The van der Waals surface area contributed by atoms with Crippen LogP contribution in [0.25, 0.3) is 0 Å². The number of hydrogen-bond acceptors (Lipinski definition) is 6. The van der Waals surface area contributed by atoms with E-state index in [0.29, 0.717) is 11.1 Å². The predicted octanol–water partition coefficient (Wildman–Crippen LogP) is 2.77. The fourth-order valence-electron chi connectivity index (χ4n) is 2.96. The molecule has 0 radical (unpaired) electrons. The molecular weight excluding hydrogens is 368 g/mol. The van der Waals surface area contributed by atoms with Crippen molar-refractivity contribution in [3.05, 3.63) is 29.8 Å². The van der Waals surface area contributed by atoms with Crippen molar-refractivity contribution in [1.82, 2.24) is 10.2 Å². The molecule has 1 amide bonds. The van der Waals surface area contributed by atoms with Gasteiger partial charge >= 0.3 is 0 Å². The Morgan fingerprint density at radius 2 is 1.92 bits per heavy atom. The molecule has 0 aliphatic carbocycles. The van der Waals surface area contributed by atoms with Crippen molar-refractivity contribution in [3.63, 3.8) is 0 Å². The van der Waals surface area contributed by atoms with Gasteiger partial charge in [0.2, 0.25) is 0 Å². The molecule has 144 valence electrons. The molecule has 7 heteroatoms. The van der Waals surface area contributed by atoms with Gasteiger partial charge in [0.05, 0.1) is 17.8 Å². The summed E-state index contributed by atoms with van der Waals surface area (Å²) in [6.45, 7) is 5.38. The molecule has 1 aromatic carbocycles. The highest BCUT2D eigenvalue weighted by Crippen LogP contribution is 2.43. The van der Waals surface area contributed by atoms with Crippen LogP contribution < -0.4 is 10.1 Å². The molecule has 0 bridgehead atoms. The quantitative estimate of drug-likeness (QED) is 0.682. The van der Waals surface area contributed by atoms with E-state index in [1.54, 1.807) is 0 Å². The highest BCUT2D eigenvalue weighted by Gasteiger charge is 2.16. The Balaban J connectivity index is 1.29. The van der Waals surface area contributed by atoms with Crippen molar-refractivity contribution < 1.29 is 14.3 Å². The minimum atomic E-state index is -0.0607. The highest BCUT2D eigenvalue weighted by atomic mass is 32.2. The second-order valence-corrected chi connectivity index (χ2v) is 9.17. The lowest BCUT2D eigenvalue weighted by atomic mass is 10.2. The average Bonchev–Trinajstić information content (AvgIpc) is 2.71. The maximum Gasteiger partial charge on any atom is 0.257 e. The smallest absolute Gasteiger partial charge is 0.257 e. The van der Waals surface area contributed by atoms with Crippen molar-refractivity contribution >= 4 is 29.4 Å². The van der Waals surface area contributed by atoms with E-state index < -0.39 is 0 Å². The third-order valence-corrected chi connectivity index (χ3v) is 7.44. The Hall–Kier alpha value is -0.890. The van der Waals surface area contributed by atoms with Crippen LogP contribution in [0.1, 0.15) is 23.0 Å². The van der Waals surface area contributed by atoms with Gasteiger partial charge in [-0.3, -0.25) is 9.69 Å². The van der Waals surface area contributed by atoms with Gasteiger partial charge in [0.15, 0.2) is 6.61 Å². The molecule has 2 fully saturated rings. The van der Waals surface area contributed by atoms with Crippen LogP contribution in [0.15, 0.2) is 24.3 Å². The van der Waals surface area contributed by atoms with Crippen LogP contribution in [-0.4, -0.2) is 68.3 Å². The van der Waals surface area contributed by atoms with Gasteiger partial charge in [-0.1, -0.05) is 12.1 Å². The summed E-state index contributed by atoms with van der Waals surface area (Å²) in [5.41, 5.74) is 1.33. The van der Waals surface area contributed by atoms with E-state index in [0.717, 1.165) is 45.0 Å². The number of rotatable bonds is 8. The van der Waals surface area contributed by atoms with Crippen molar-refractivity contribution in [2.45, 2.75) is 17.4 Å². The number of ether oxygens (including phenoxy) is 2. The Bertz CT molecular complexity index is 544. The van der Waals surface area contributed by atoms with E-state index in [9.17, 15) is 4.79 Å². The number of thioether (sulfide) groups is 2. The second kappa shape index (κ2) is 11.1. The molecule has 0 aromatic heterocycles. The molecule has 0 spiro atoms. The number of amides is 1. The number of nitrogens with zero attached hydrogens (tertiary/aromatic N) is 1. The van der Waals surface area contributed by atoms with E-state index in [2.05, 4.69) is 22.3 Å². The van der Waals surface area contributed by atoms with Gasteiger partial charge in [-0.15, -0.1) is 23.5 Å². The number of carbonyl (C=O) groups excluding carboxylic acids is 1. The maximum atomic E-state index is 11.9. The van der Waals surface area contributed by atoms with Crippen LogP contribution >= 0.6 is 23.5 Å². The summed E-state index contributed by atoms with van der Waals surface area (Å²) in [5, 5.41) is 2.93. The van der Waals surface area contributed by atoms with Gasteiger partial charge < -0.3 is 14.8 Å². The fourth-order valence-corrected chi connectivity index (χ4v) is 5.85. The molecule has 5 nitrogen and oxygen atoms in total. The van der Waals surface area contributed by atoms with Gasteiger partial charge in [-0.05, 0) is 48.6 Å². The first kappa shape index (κ1) is 19.9. The van der Waals surface area contributed by atoms with Gasteiger partial charge in [-0.25, -0.2) is 0 Å². The maximum absolute atomic E-state index is 11.9. The molecule has 1 N–H and O–H groups in total. The molecule has 0 atom stereocenters. The molecule has 0 unspecified atom stereocenters. The van der Waals surface area contributed by atoms with Gasteiger partial charge in [0, 0.05) is 19.6 Å². The highest BCUT2D eigenvalue weighted by molar-refractivity contribution is 8.16. The van der Waals surface area contributed by atoms with E-state index in [4.69, 9.17) is 9.47 Å². The number of benzene rings is 1.